The number of nitrogens with zero attached hydrogens (tertiary/aromatic N) is 1. The Balaban J connectivity index is 2.39. The minimum absolute atomic E-state index is 0.0465. The second kappa shape index (κ2) is 7.62. The highest BCUT2D eigenvalue weighted by atomic mass is 35.5. The third-order valence-corrected chi connectivity index (χ3v) is 4.77. The molecule has 1 aliphatic heterocycles. The summed E-state index contributed by atoms with van der Waals surface area (Å²) in [5.74, 6) is -0.264. The van der Waals surface area contributed by atoms with E-state index in [1.807, 2.05) is 0 Å². The maximum atomic E-state index is 12.9. The molecule has 1 aliphatic rings. The van der Waals surface area contributed by atoms with Gasteiger partial charge in [0.15, 0.2) is 21.8 Å². The molecule has 0 spiro atoms. The normalized spacial score (nSPS) is 18.8. The lowest BCUT2D eigenvalue weighted by atomic mass is 10.0. The predicted molar refractivity (Wildman–Crippen MR) is 87.0 cm³/mol. The first-order valence-corrected chi connectivity index (χ1v) is 9.28. The van der Waals surface area contributed by atoms with Crippen LogP contribution in [0.4, 0.5) is 0 Å². The smallest absolute Gasteiger partial charge is 0.197 e. The van der Waals surface area contributed by atoms with Crippen molar-refractivity contribution in [1.82, 2.24) is 4.58 Å². The van der Waals surface area contributed by atoms with Crippen LogP contribution in [0, 0.1) is 0 Å². The van der Waals surface area contributed by atoms with Crippen LogP contribution in [0.25, 0.3) is 0 Å². The number of hydroxylamine groups is 1. The standard InChI is InChI=1S/C15H18ClNO6S/c1-10-13(15(17(16)23-10)22-9-8-21-2)14(18)11-6-4-5-7-12(11)24(3,19)20/h4-7,15H,8-9H2,1-3H3. The number of sulfone groups is 1. The second-order valence-corrected chi connectivity index (χ2v) is 7.46. The van der Waals surface area contributed by atoms with Gasteiger partial charge in [-0.1, -0.05) is 12.1 Å². The van der Waals surface area contributed by atoms with Crippen molar-refractivity contribution >= 4 is 27.4 Å². The number of methoxy groups -OCH3 is 1. The molecule has 0 radical (unpaired) electrons. The van der Waals surface area contributed by atoms with Crippen molar-refractivity contribution in [2.24, 2.45) is 0 Å². The minimum atomic E-state index is -3.57. The molecule has 24 heavy (non-hydrogen) atoms. The van der Waals surface area contributed by atoms with Gasteiger partial charge in [0.2, 0.25) is 0 Å². The third kappa shape index (κ3) is 3.96. The molecule has 9 heteroatoms. The Morgan fingerprint density at radius 1 is 1.33 bits per heavy atom. The van der Waals surface area contributed by atoms with E-state index in [1.54, 1.807) is 19.1 Å². The molecular formula is C15H18ClNO6S. The minimum Gasteiger partial charge on any atom is -0.392 e. The molecule has 0 N–H and O–H groups in total. The Bertz CT molecular complexity index is 761. The molecule has 0 saturated heterocycles. The summed E-state index contributed by atoms with van der Waals surface area (Å²) in [6.45, 7) is 2.05. The topological polar surface area (TPSA) is 82.1 Å². The van der Waals surface area contributed by atoms with Gasteiger partial charge in [-0.05, 0) is 23.6 Å². The van der Waals surface area contributed by atoms with Gasteiger partial charge in [0.05, 0.1) is 23.7 Å². The molecule has 1 aromatic carbocycles. The number of allylic oxidation sites excluding steroid dienone is 1. The molecule has 0 bridgehead atoms. The molecule has 0 aromatic heterocycles. The van der Waals surface area contributed by atoms with Gasteiger partial charge in [-0.15, -0.1) is 0 Å². The van der Waals surface area contributed by atoms with Gasteiger partial charge in [0.25, 0.3) is 0 Å². The van der Waals surface area contributed by atoms with Gasteiger partial charge in [0, 0.05) is 30.7 Å². The van der Waals surface area contributed by atoms with Crippen molar-refractivity contribution in [3.8, 4) is 0 Å². The van der Waals surface area contributed by atoms with Crippen molar-refractivity contribution in [2.75, 3.05) is 26.6 Å². The fourth-order valence-electron chi connectivity index (χ4n) is 2.28. The van der Waals surface area contributed by atoms with E-state index in [0.29, 0.717) is 6.61 Å². The molecule has 132 valence electrons. The van der Waals surface area contributed by atoms with Crippen molar-refractivity contribution in [2.45, 2.75) is 18.0 Å². The maximum Gasteiger partial charge on any atom is 0.197 e. The number of rotatable bonds is 7. The van der Waals surface area contributed by atoms with E-state index in [0.717, 1.165) is 10.8 Å². The highest BCUT2D eigenvalue weighted by molar-refractivity contribution is 7.90. The Labute approximate surface area is 145 Å². The van der Waals surface area contributed by atoms with E-state index in [2.05, 4.69) is 0 Å². The largest absolute Gasteiger partial charge is 0.392 e. The summed E-state index contributed by atoms with van der Waals surface area (Å²) in [6, 6.07) is 5.97. The molecule has 1 atom stereocenters. The highest BCUT2D eigenvalue weighted by Gasteiger charge is 2.39. The third-order valence-electron chi connectivity index (χ3n) is 3.37. The molecule has 2 rings (SSSR count). The molecule has 1 heterocycles. The number of carbonyl (C=O) groups is 1. The van der Waals surface area contributed by atoms with E-state index in [9.17, 15) is 13.2 Å². The van der Waals surface area contributed by atoms with Gasteiger partial charge in [-0.25, -0.2) is 8.42 Å². The summed E-state index contributed by atoms with van der Waals surface area (Å²) in [7, 11) is -2.05. The molecular weight excluding hydrogens is 358 g/mol. The van der Waals surface area contributed by atoms with Gasteiger partial charge in [-0.2, -0.15) is 0 Å². The van der Waals surface area contributed by atoms with Crippen molar-refractivity contribution in [1.29, 1.82) is 0 Å². The molecule has 0 amide bonds. The zero-order valence-corrected chi connectivity index (χ0v) is 15.1. The number of hydrogen-bond acceptors (Lipinski definition) is 7. The first-order valence-electron chi connectivity index (χ1n) is 7.05. The van der Waals surface area contributed by atoms with Gasteiger partial charge >= 0.3 is 0 Å². The van der Waals surface area contributed by atoms with Crippen LogP contribution >= 0.6 is 11.8 Å². The van der Waals surface area contributed by atoms with Crippen LogP contribution in [0.5, 0.6) is 0 Å². The average molecular weight is 376 g/mol. The lowest BCUT2D eigenvalue weighted by Gasteiger charge is -2.18. The zero-order chi connectivity index (χ0) is 17.9. The first kappa shape index (κ1) is 18.9. The number of ketones is 1. The van der Waals surface area contributed by atoms with E-state index >= 15 is 0 Å². The van der Waals surface area contributed by atoms with Crippen molar-refractivity contribution in [3.05, 3.63) is 41.2 Å². The van der Waals surface area contributed by atoms with Crippen LogP contribution in [0.1, 0.15) is 17.3 Å². The molecule has 1 unspecified atom stereocenters. The van der Waals surface area contributed by atoms with Crippen molar-refractivity contribution < 1.29 is 27.5 Å². The first-order chi connectivity index (χ1) is 11.3. The number of hydrogen-bond donors (Lipinski definition) is 0. The maximum absolute atomic E-state index is 12.9. The lowest BCUT2D eigenvalue weighted by molar-refractivity contribution is -0.127. The van der Waals surface area contributed by atoms with E-state index in [1.165, 1.54) is 19.2 Å². The number of halogens is 1. The number of carbonyl (C=O) groups excluding carboxylic acids is 1. The number of ether oxygens (including phenoxy) is 2. The van der Waals surface area contributed by atoms with Gasteiger partial charge < -0.3 is 14.3 Å². The van der Waals surface area contributed by atoms with E-state index in [-0.39, 0.29) is 28.4 Å². The van der Waals surface area contributed by atoms with Crippen LogP contribution < -0.4 is 0 Å². The Hall–Kier alpha value is -1.45. The summed E-state index contributed by atoms with van der Waals surface area (Å²) in [5, 5.41) is 0. The van der Waals surface area contributed by atoms with E-state index in [4.69, 9.17) is 26.1 Å². The molecule has 0 saturated carbocycles. The highest BCUT2D eigenvalue weighted by Crippen LogP contribution is 2.32. The monoisotopic (exact) mass is 375 g/mol. The van der Waals surface area contributed by atoms with Crippen LogP contribution in [-0.4, -0.2) is 51.6 Å². The summed E-state index contributed by atoms with van der Waals surface area (Å²) in [4.78, 5) is 18.1. The van der Waals surface area contributed by atoms with Crippen LogP contribution in [0.3, 0.4) is 0 Å². The summed E-state index contributed by atoms with van der Waals surface area (Å²) in [5.41, 5.74) is 0.197. The fourth-order valence-corrected chi connectivity index (χ4v) is 3.43. The Morgan fingerprint density at radius 2 is 2.00 bits per heavy atom. The average Bonchev–Trinajstić information content (AvgIpc) is 2.80. The van der Waals surface area contributed by atoms with Crippen LogP contribution in [0.2, 0.25) is 0 Å². The Kier molecular flexibility index (Phi) is 6.00. The van der Waals surface area contributed by atoms with Crippen LogP contribution in [-0.2, 0) is 24.1 Å². The van der Waals surface area contributed by atoms with Gasteiger partial charge in [0.1, 0.15) is 5.76 Å². The molecule has 7 nitrogen and oxygen atoms in total. The van der Waals surface area contributed by atoms with Gasteiger partial charge in [-0.3, -0.25) is 4.79 Å². The molecule has 0 aliphatic carbocycles. The van der Waals surface area contributed by atoms with Crippen molar-refractivity contribution in [3.63, 3.8) is 0 Å². The predicted octanol–water partition coefficient (Wildman–Crippen LogP) is 1.94. The second-order valence-electron chi connectivity index (χ2n) is 5.15. The summed E-state index contributed by atoms with van der Waals surface area (Å²) < 4.78 is 35.2. The summed E-state index contributed by atoms with van der Waals surface area (Å²) in [6.07, 6.45) is 0.0910. The summed E-state index contributed by atoms with van der Waals surface area (Å²) >= 11 is 5.94. The number of benzene rings is 1. The quantitative estimate of drug-likeness (QED) is 0.409. The van der Waals surface area contributed by atoms with E-state index < -0.39 is 21.8 Å². The van der Waals surface area contributed by atoms with Crippen LogP contribution in [0.15, 0.2) is 40.5 Å². The molecule has 0 fully saturated rings. The lowest BCUT2D eigenvalue weighted by Crippen LogP contribution is -2.30. The fraction of sp³-hybridized carbons (Fsp3) is 0.400. The number of Topliss-reactive ketones (excluding diaryl/α,β-unsaturated/α-hetero) is 1. The zero-order valence-electron chi connectivity index (χ0n) is 13.5. The molecule has 1 aromatic rings. The SMILES string of the molecule is COCCOC1C(C(=O)c2ccccc2S(C)(=O)=O)=C(C)ON1Cl. The Morgan fingerprint density at radius 3 is 2.62 bits per heavy atom.